The molecule has 1 heterocycles. The molecule has 4 rings (SSSR count). The van der Waals surface area contributed by atoms with E-state index < -0.39 is 16.0 Å². The van der Waals surface area contributed by atoms with Crippen LogP contribution in [0.3, 0.4) is 0 Å². The minimum atomic E-state index is -3.86. The Balaban J connectivity index is 1.91. The van der Waals surface area contributed by atoms with E-state index in [1.807, 2.05) is 44.2 Å². The number of rotatable bonds is 6. The summed E-state index contributed by atoms with van der Waals surface area (Å²) < 4.78 is 40.5. The number of furan rings is 1. The summed E-state index contributed by atoms with van der Waals surface area (Å²) in [5.74, 6) is -0.0535. The molecule has 0 saturated heterocycles. The first-order valence-electron chi connectivity index (χ1n) is 10.4. The molecule has 0 amide bonds. The molecule has 0 unspecified atom stereocenters. The number of carbonyl (C=O) groups is 1. The van der Waals surface area contributed by atoms with Crippen LogP contribution < -0.4 is 4.72 Å². The molecule has 0 fully saturated rings. The van der Waals surface area contributed by atoms with Crippen molar-refractivity contribution in [2.75, 3.05) is 11.3 Å². The Labute approximate surface area is 187 Å². The van der Waals surface area contributed by atoms with Gasteiger partial charge in [-0.25, -0.2) is 13.2 Å². The number of sulfonamides is 1. The molecule has 0 aliphatic rings. The summed E-state index contributed by atoms with van der Waals surface area (Å²) in [7, 11) is -3.86. The second-order valence-corrected chi connectivity index (χ2v) is 9.54. The van der Waals surface area contributed by atoms with Crippen molar-refractivity contribution in [3.8, 4) is 0 Å². The predicted molar refractivity (Wildman–Crippen MR) is 126 cm³/mol. The summed E-state index contributed by atoms with van der Waals surface area (Å²) in [4.78, 5) is 12.9. The van der Waals surface area contributed by atoms with Crippen LogP contribution in [0.2, 0.25) is 0 Å². The second kappa shape index (κ2) is 8.31. The number of ether oxygens (including phenoxy) is 1. The van der Waals surface area contributed by atoms with Gasteiger partial charge >= 0.3 is 5.97 Å². The number of aryl methyl sites for hydroxylation is 3. The van der Waals surface area contributed by atoms with Gasteiger partial charge in [0, 0.05) is 16.2 Å². The third-order valence-electron chi connectivity index (χ3n) is 5.38. The highest BCUT2D eigenvalue weighted by atomic mass is 32.2. The topological polar surface area (TPSA) is 85.6 Å². The minimum Gasteiger partial charge on any atom is -0.462 e. The van der Waals surface area contributed by atoms with Crippen molar-refractivity contribution in [1.82, 2.24) is 0 Å². The number of fused-ring (bicyclic) bond motifs is 3. The first-order chi connectivity index (χ1) is 15.2. The van der Waals surface area contributed by atoms with Crippen molar-refractivity contribution in [3.63, 3.8) is 0 Å². The van der Waals surface area contributed by atoms with Gasteiger partial charge in [-0.1, -0.05) is 48.9 Å². The highest BCUT2D eigenvalue weighted by Crippen LogP contribution is 2.38. The fraction of sp³-hybridized carbons (Fsp3) is 0.240. The third-order valence-corrected chi connectivity index (χ3v) is 6.90. The maximum atomic E-state index is 13.3. The van der Waals surface area contributed by atoms with E-state index >= 15 is 0 Å². The average molecular weight is 452 g/mol. The summed E-state index contributed by atoms with van der Waals surface area (Å²) in [6.45, 7) is 7.60. The Morgan fingerprint density at radius 2 is 1.72 bits per heavy atom. The zero-order chi connectivity index (χ0) is 23.0. The first kappa shape index (κ1) is 21.9. The molecule has 0 radical (unpaired) electrons. The van der Waals surface area contributed by atoms with Gasteiger partial charge in [-0.05, 0) is 44.9 Å². The van der Waals surface area contributed by atoms with Crippen molar-refractivity contribution in [1.29, 1.82) is 0 Å². The lowest BCUT2D eigenvalue weighted by atomic mass is 10.0. The summed E-state index contributed by atoms with van der Waals surface area (Å²) in [6.07, 6.45) is 0.699. The van der Waals surface area contributed by atoms with E-state index in [1.165, 1.54) is 0 Å². The number of anilines is 1. The van der Waals surface area contributed by atoms with Crippen molar-refractivity contribution in [3.05, 3.63) is 71.0 Å². The molecule has 1 aromatic heterocycles. The van der Waals surface area contributed by atoms with Crippen LogP contribution in [-0.2, 0) is 14.8 Å². The van der Waals surface area contributed by atoms with Gasteiger partial charge in [-0.15, -0.1) is 0 Å². The summed E-state index contributed by atoms with van der Waals surface area (Å²) in [5.41, 5.74) is 2.85. The summed E-state index contributed by atoms with van der Waals surface area (Å²) in [5, 5.41) is 1.90. The molecule has 32 heavy (non-hydrogen) atoms. The number of esters is 1. The Morgan fingerprint density at radius 3 is 2.41 bits per heavy atom. The molecule has 7 heteroatoms. The molecule has 0 spiro atoms. The zero-order valence-electron chi connectivity index (χ0n) is 18.5. The molecule has 0 aliphatic carbocycles. The van der Waals surface area contributed by atoms with Crippen LogP contribution in [0.1, 0.15) is 40.6 Å². The molecule has 0 saturated carbocycles. The van der Waals surface area contributed by atoms with Crippen LogP contribution in [0.5, 0.6) is 0 Å². The lowest BCUT2D eigenvalue weighted by Crippen LogP contribution is -2.14. The average Bonchev–Trinajstić information content (AvgIpc) is 3.07. The van der Waals surface area contributed by atoms with E-state index in [-0.39, 0.29) is 4.90 Å². The lowest BCUT2D eigenvalue weighted by molar-refractivity contribution is 0.0505. The van der Waals surface area contributed by atoms with Gasteiger partial charge in [-0.3, -0.25) is 4.72 Å². The Kier molecular flexibility index (Phi) is 5.69. The van der Waals surface area contributed by atoms with Crippen LogP contribution in [0, 0.1) is 20.8 Å². The summed E-state index contributed by atoms with van der Waals surface area (Å²) in [6, 6.07) is 14.2. The van der Waals surface area contributed by atoms with E-state index in [2.05, 4.69) is 4.72 Å². The van der Waals surface area contributed by atoms with Gasteiger partial charge in [-0.2, -0.15) is 0 Å². The van der Waals surface area contributed by atoms with E-state index in [4.69, 9.17) is 9.15 Å². The maximum Gasteiger partial charge on any atom is 0.342 e. The van der Waals surface area contributed by atoms with Crippen LogP contribution in [0.4, 0.5) is 5.69 Å². The number of hydrogen-bond donors (Lipinski definition) is 1. The quantitative estimate of drug-likeness (QED) is 0.370. The molecule has 0 bridgehead atoms. The van der Waals surface area contributed by atoms with Crippen LogP contribution >= 0.6 is 0 Å². The molecular formula is C25H25NO5S. The highest BCUT2D eigenvalue weighted by molar-refractivity contribution is 7.92. The van der Waals surface area contributed by atoms with E-state index in [0.29, 0.717) is 57.3 Å². The minimum absolute atomic E-state index is 0.207. The molecule has 0 aliphatic heterocycles. The van der Waals surface area contributed by atoms with Gasteiger partial charge in [0.2, 0.25) is 0 Å². The van der Waals surface area contributed by atoms with E-state index in [9.17, 15) is 13.2 Å². The Hall–Kier alpha value is -3.32. The predicted octanol–water partition coefficient (Wildman–Crippen LogP) is 5.88. The van der Waals surface area contributed by atoms with Crippen LogP contribution in [-0.4, -0.2) is 21.0 Å². The number of carbonyl (C=O) groups excluding carboxylic acids is 1. The van der Waals surface area contributed by atoms with Crippen molar-refractivity contribution >= 4 is 43.4 Å². The van der Waals surface area contributed by atoms with Crippen molar-refractivity contribution < 1.29 is 22.4 Å². The highest BCUT2D eigenvalue weighted by Gasteiger charge is 2.24. The molecular weight excluding hydrogens is 426 g/mol. The summed E-state index contributed by atoms with van der Waals surface area (Å²) >= 11 is 0. The van der Waals surface area contributed by atoms with Gasteiger partial charge in [0.1, 0.15) is 16.9 Å². The van der Waals surface area contributed by atoms with Crippen molar-refractivity contribution in [2.24, 2.45) is 0 Å². The number of nitrogens with one attached hydrogen (secondary N) is 1. The van der Waals surface area contributed by atoms with Crippen molar-refractivity contribution in [2.45, 2.75) is 39.0 Å². The first-order valence-corrected chi connectivity index (χ1v) is 11.9. The SMILES string of the molecule is CCCOC(=O)c1c(C)oc2c1cc(NS(=O)(=O)c1ccc(C)cc1C)c1ccccc12. The fourth-order valence-electron chi connectivity index (χ4n) is 3.94. The van der Waals surface area contributed by atoms with Gasteiger partial charge < -0.3 is 9.15 Å². The molecule has 1 N–H and O–H groups in total. The molecule has 4 aromatic rings. The smallest absolute Gasteiger partial charge is 0.342 e. The largest absolute Gasteiger partial charge is 0.462 e. The van der Waals surface area contributed by atoms with Gasteiger partial charge in [0.05, 0.1) is 17.2 Å². The standard InChI is InChI=1S/C25H25NO5S/c1-5-12-30-25(27)23-17(4)31-24-19-9-7-6-8-18(19)21(14-20(23)24)26-32(28,29)22-11-10-15(2)13-16(22)3/h6-11,13-14,26H,5,12H2,1-4H3. The molecule has 0 atom stereocenters. The molecule has 3 aromatic carbocycles. The van der Waals surface area contributed by atoms with E-state index in [0.717, 1.165) is 5.56 Å². The second-order valence-electron chi connectivity index (χ2n) is 7.89. The number of hydrogen-bond acceptors (Lipinski definition) is 5. The van der Waals surface area contributed by atoms with Gasteiger partial charge in [0.15, 0.2) is 0 Å². The molecule has 6 nitrogen and oxygen atoms in total. The Morgan fingerprint density at radius 1 is 1.00 bits per heavy atom. The lowest BCUT2D eigenvalue weighted by Gasteiger charge is -2.13. The van der Waals surface area contributed by atoms with Crippen LogP contribution in [0.15, 0.2) is 57.8 Å². The van der Waals surface area contributed by atoms with Gasteiger partial charge in [0.25, 0.3) is 10.0 Å². The maximum absolute atomic E-state index is 13.3. The monoisotopic (exact) mass is 451 g/mol. The fourth-order valence-corrected chi connectivity index (χ4v) is 5.24. The number of benzene rings is 3. The third kappa shape index (κ3) is 3.84. The Bertz CT molecular complexity index is 1450. The molecule has 166 valence electrons. The van der Waals surface area contributed by atoms with E-state index in [1.54, 1.807) is 32.0 Å². The van der Waals surface area contributed by atoms with Crippen LogP contribution in [0.25, 0.3) is 21.7 Å². The normalized spacial score (nSPS) is 11.8. The zero-order valence-corrected chi connectivity index (χ0v) is 19.3.